The zero-order valence-electron chi connectivity index (χ0n) is 12.6. The molecule has 0 fully saturated rings. The standard InChI is InChI=1S/C16H16N4O.ClH/c1-10-7-13(8-14(21-3)11(10)2)16-15(18-20-19-16)12-5-4-6-17-9-12;/h4-9H,1-3H3,(H,18,19,20);1H. The Hall–Kier alpha value is -2.40. The number of nitrogens with one attached hydrogen (secondary N) is 1. The van der Waals surface area contributed by atoms with Crippen LogP contribution in [0.4, 0.5) is 0 Å². The van der Waals surface area contributed by atoms with Crippen LogP contribution in [0.3, 0.4) is 0 Å². The van der Waals surface area contributed by atoms with E-state index < -0.39 is 0 Å². The molecule has 5 nitrogen and oxygen atoms in total. The second-order valence-electron chi connectivity index (χ2n) is 4.88. The van der Waals surface area contributed by atoms with Gasteiger partial charge >= 0.3 is 0 Å². The predicted molar refractivity (Wildman–Crippen MR) is 88.3 cm³/mol. The maximum atomic E-state index is 5.44. The topological polar surface area (TPSA) is 63.7 Å². The van der Waals surface area contributed by atoms with E-state index in [0.717, 1.165) is 39.4 Å². The molecule has 0 saturated heterocycles. The van der Waals surface area contributed by atoms with E-state index in [2.05, 4.69) is 33.4 Å². The molecular formula is C16H17ClN4O. The normalized spacial score (nSPS) is 10.1. The summed E-state index contributed by atoms with van der Waals surface area (Å²) in [6.07, 6.45) is 3.52. The lowest BCUT2D eigenvalue weighted by Gasteiger charge is -2.10. The fourth-order valence-corrected chi connectivity index (χ4v) is 2.31. The van der Waals surface area contributed by atoms with Gasteiger partial charge in [-0.1, -0.05) is 0 Å². The number of rotatable bonds is 3. The highest BCUT2D eigenvalue weighted by Gasteiger charge is 2.15. The van der Waals surface area contributed by atoms with Crippen LogP contribution in [0, 0.1) is 13.8 Å². The van der Waals surface area contributed by atoms with Crippen molar-refractivity contribution in [3.8, 4) is 28.3 Å². The molecule has 1 N–H and O–H groups in total. The van der Waals surface area contributed by atoms with Crippen molar-refractivity contribution in [1.29, 1.82) is 0 Å². The Labute approximate surface area is 135 Å². The summed E-state index contributed by atoms with van der Waals surface area (Å²) in [4.78, 5) is 4.13. The first-order chi connectivity index (χ1) is 10.2. The van der Waals surface area contributed by atoms with E-state index in [1.807, 2.05) is 25.1 Å². The van der Waals surface area contributed by atoms with Crippen molar-refractivity contribution in [2.24, 2.45) is 0 Å². The SMILES string of the molecule is COc1cc(-c2n[nH]nc2-c2cccnc2)cc(C)c1C.Cl. The van der Waals surface area contributed by atoms with Gasteiger partial charge in [0.2, 0.25) is 0 Å². The number of aryl methyl sites for hydroxylation is 1. The first-order valence-corrected chi connectivity index (χ1v) is 6.67. The number of H-pyrrole nitrogens is 1. The molecule has 6 heteroatoms. The van der Waals surface area contributed by atoms with Crippen LogP contribution >= 0.6 is 12.4 Å². The van der Waals surface area contributed by atoms with Gasteiger partial charge in [0.25, 0.3) is 0 Å². The minimum atomic E-state index is 0. The fraction of sp³-hybridized carbons (Fsp3) is 0.188. The molecule has 0 aliphatic rings. The van der Waals surface area contributed by atoms with Crippen LogP contribution < -0.4 is 4.74 Å². The molecule has 0 bridgehead atoms. The van der Waals surface area contributed by atoms with E-state index in [-0.39, 0.29) is 12.4 Å². The molecule has 0 atom stereocenters. The Morgan fingerprint density at radius 1 is 1.05 bits per heavy atom. The summed E-state index contributed by atoms with van der Waals surface area (Å²) in [6.45, 7) is 4.11. The highest BCUT2D eigenvalue weighted by atomic mass is 35.5. The smallest absolute Gasteiger partial charge is 0.122 e. The second-order valence-corrected chi connectivity index (χ2v) is 4.88. The van der Waals surface area contributed by atoms with Crippen molar-refractivity contribution in [1.82, 2.24) is 20.4 Å². The average molecular weight is 317 g/mol. The van der Waals surface area contributed by atoms with E-state index in [1.165, 1.54) is 0 Å². The van der Waals surface area contributed by atoms with Crippen LogP contribution in [-0.2, 0) is 0 Å². The Morgan fingerprint density at radius 3 is 2.41 bits per heavy atom. The van der Waals surface area contributed by atoms with E-state index in [1.54, 1.807) is 19.5 Å². The molecule has 1 aromatic carbocycles. The van der Waals surface area contributed by atoms with Gasteiger partial charge in [0.05, 0.1) is 7.11 Å². The summed E-state index contributed by atoms with van der Waals surface area (Å²) in [7, 11) is 1.68. The van der Waals surface area contributed by atoms with Crippen LogP contribution in [0.25, 0.3) is 22.5 Å². The summed E-state index contributed by atoms with van der Waals surface area (Å²) in [6, 6.07) is 7.93. The van der Waals surface area contributed by atoms with Crippen molar-refractivity contribution < 1.29 is 4.74 Å². The molecule has 2 heterocycles. The Morgan fingerprint density at radius 2 is 1.77 bits per heavy atom. The zero-order chi connectivity index (χ0) is 14.8. The lowest BCUT2D eigenvalue weighted by atomic mass is 10.0. The molecule has 0 aliphatic heterocycles. The molecular weight excluding hydrogens is 300 g/mol. The number of methoxy groups -OCH3 is 1. The minimum Gasteiger partial charge on any atom is -0.496 e. The number of benzene rings is 1. The Kier molecular flexibility index (Phi) is 4.78. The second kappa shape index (κ2) is 6.58. The maximum Gasteiger partial charge on any atom is 0.122 e. The van der Waals surface area contributed by atoms with Gasteiger partial charge in [-0.15, -0.1) is 12.4 Å². The molecule has 0 spiro atoms. The van der Waals surface area contributed by atoms with Gasteiger partial charge < -0.3 is 4.74 Å². The van der Waals surface area contributed by atoms with Gasteiger partial charge in [-0.3, -0.25) is 4.98 Å². The predicted octanol–water partition coefficient (Wildman–Crippen LogP) is 3.58. The van der Waals surface area contributed by atoms with Crippen molar-refractivity contribution in [3.05, 3.63) is 47.8 Å². The third kappa shape index (κ3) is 2.80. The average Bonchev–Trinajstić information content (AvgIpc) is 3.00. The van der Waals surface area contributed by atoms with Crippen molar-refractivity contribution >= 4 is 12.4 Å². The molecule has 0 saturated carbocycles. The third-order valence-electron chi connectivity index (χ3n) is 3.60. The zero-order valence-corrected chi connectivity index (χ0v) is 13.4. The maximum absolute atomic E-state index is 5.44. The molecule has 114 valence electrons. The summed E-state index contributed by atoms with van der Waals surface area (Å²) >= 11 is 0. The molecule has 2 aromatic heterocycles. The van der Waals surface area contributed by atoms with Crippen LogP contribution in [0.2, 0.25) is 0 Å². The van der Waals surface area contributed by atoms with E-state index in [4.69, 9.17) is 4.74 Å². The Bertz CT molecular complexity index is 771. The van der Waals surface area contributed by atoms with Crippen LogP contribution in [0.5, 0.6) is 5.75 Å². The number of aromatic nitrogens is 4. The van der Waals surface area contributed by atoms with E-state index >= 15 is 0 Å². The first kappa shape index (κ1) is 16.0. The summed E-state index contributed by atoms with van der Waals surface area (Å²) in [5, 5.41) is 11.2. The monoisotopic (exact) mass is 316 g/mol. The number of aromatic amines is 1. The molecule has 3 rings (SSSR count). The quantitative estimate of drug-likeness (QED) is 0.802. The van der Waals surface area contributed by atoms with Gasteiger partial charge in [0.1, 0.15) is 17.1 Å². The summed E-state index contributed by atoms with van der Waals surface area (Å²) in [5.41, 5.74) is 5.77. The van der Waals surface area contributed by atoms with Crippen LogP contribution in [0.1, 0.15) is 11.1 Å². The number of ether oxygens (including phenoxy) is 1. The van der Waals surface area contributed by atoms with Gasteiger partial charge in [-0.2, -0.15) is 15.4 Å². The number of nitrogens with zero attached hydrogens (tertiary/aromatic N) is 3. The summed E-state index contributed by atoms with van der Waals surface area (Å²) < 4.78 is 5.44. The van der Waals surface area contributed by atoms with Crippen molar-refractivity contribution in [2.45, 2.75) is 13.8 Å². The molecule has 0 aliphatic carbocycles. The Balaban J connectivity index is 0.00000176. The minimum absolute atomic E-state index is 0. The van der Waals surface area contributed by atoms with E-state index in [9.17, 15) is 0 Å². The van der Waals surface area contributed by atoms with Gasteiger partial charge in [-0.05, 0) is 49.2 Å². The highest BCUT2D eigenvalue weighted by molar-refractivity contribution is 5.85. The largest absolute Gasteiger partial charge is 0.496 e. The fourth-order valence-electron chi connectivity index (χ4n) is 2.31. The lowest BCUT2D eigenvalue weighted by molar-refractivity contribution is 0.411. The van der Waals surface area contributed by atoms with Gasteiger partial charge in [-0.25, -0.2) is 0 Å². The number of hydrogen-bond donors (Lipinski definition) is 1. The molecule has 22 heavy (non-hydrogen) atoms. The molecule has 0 amide bonds. The van der Waals surface area contributed by atoms with Crippen molar-refractivity contribution in [2.75, 3.05) is 7.11 Å². The summed E-state index contributed by atoms with van der Waals surface area (Å²) in [5.74, 6) is 0.852. The van der Waals surface area contributed by atoms with Crippen molar-refractivity contribution in [3.63, 3.8) is 0 Å². The van der Waals surface area contributed by atoms with E-state index in [0.29, 0.717) is 0 Å². The number of hydrogen-bond acceptors (Lipinski definition) is 4. The van der Waals surface area contributed by atoms with Crippen LogP contribution in [0.15, 0.2) is 36.7 Å². The first-order valence-electron chi connectivity index (χ1n) is 6.67. The third-order valence-corrected chi connectivity index (χ3v) is 3.60. The van der Waals surface area contributed by atoms with Crippen LogP contribution in [-0.4, -0.2) is 27.5 Å². The lowest BCUT2D eigenvalue weighted by Crippen LogP contribution is -1.93. The molecule has 0 radical (unpaired) electrons. The molecule has 0 unspecified atom stereocenters. The van der Waals surface area contributed by atoms with Gasteiger partial charge in [0, 0.05) is 23.5 Å². The highest BCUT2D eigenvalue weighted by Crippen LogP contribution is 2.33. The molecule has 3 aromatic rings. The number of halogens is 1. The number of pyridine rings is 1. The van der Waals surface area contributed by atoms with Gasteiger partial charge in [0.15, 0.2) is 0 Å².